The monoisotopic (exact) mass is 379 g/mol. The summed E-state index contributed by atoms with van der Waals surface area (Å²) in [5.74, 6) is 0. The van der Waals surface area contributed by atoms with Gasteiger partial charge in [0.15, 0.2) is 0 Å². The van der Waals surface area contributed by atoms with Crippen molar-refractivity contribution in [2.24, 2.45) is 0 Å². The Bertz CT molecular complexity index is 1050. The lowest BCUT2D eigenvalue weighted by Crippen LogP contribution is -2.37. The van der Waals surface area contributed by atoms with Gasteiger partial charge in [0.05, 0.1) is 0 Å². The van der Waals surface area contributed by atoms with Crippen LogP contribution in [0.2, 0.25) is 5.02 Å². The molecule has 0 radical (unpaired) electrons. The zero-order chi connectivity index (χ0) is 18.4. The molecule has 5 heteroatoms. The third-order valence-corrected chi connectivity index (χ3v) is 6.19. The predicted octanol–water partition coefficient (Wildman–Crippen LogP) is 4.13. The van der Waals surface area contributed by atoms with Gasteiger partial charge in [-0.25, -0.2) is 0 Å². The molecule has 27 heavy (non-hydrogen) atoms. The Hall–Kier alpha value is -2.30. The molecule has 3 aliphatic heterocycles. The first-order chi connectivity index (χ1) is 13.2. The molecule has 4 nitrogen and oxygen atoms in total. The van der Waals surface area contributed by atoms with Crippen molar-refractivity contribution in [2.45, 2.75) is 18.9 Å². The average molecular weight is 380 g/mol. The second-order valence-electron chi connectivity index (χ2n) is 7.56. The van der Waals surface area contributed by atoms with Gasteiger partial charge in [0.2, 0.25) is 0 Å². The first-order valence-corrected chi connectivity index (χ1v) is 9.97. The molecule has 1 N–H and O–H groups in total. The van der Waals surface area contributed by atoms with Gasteiger partial charge in [0, 0.05) is 54.0 Å². The van der Waals surface area contributed by atoms with Crippen molar-refractivity contribution in [2.75, 3.05) is 31.1 Å². The SMILES string of the molecule is O=c1[nH]c(-c2cccc(Cl)c2)cc2ccc(N3CCN4CCC3CC4)cc12. The Labute approximate surface area is 163 Å². The number of anilines is 1. The maximum Gasteiger partial charge on any atom is 0.256 e. The van der Waals surface area contributed by atoms with Crippen LogP contribution in [-0.2, 0) is 0 Å². The smallest absolute Gasteiger partial charge is 0.256 e. The molecule has 1 aromatic heterocycles. The lowest BCUT2D eigenvalue weighted by atomic mass is 10.0. The van der Waals surface area contributed by atoms with Gasteiger partial charge in [-0.3, -0.25) is 4.79 Å². The van der Waals surface area contributed by atoms with Crippen LogP contribution in [0.4, 0.5) is 5.69 Å². The molecule has 3 aliphatic rings. The van der Waals surface area contributed by atoms with Crippen molar-refractivity contribution in [3.8, 4) is 11.3 Å². The van der Waals surface area contributed by atoms with Gasteiger partial charge >= 0.3 is 0 Å². The molecule has 0 spiro atoms. The van der Waals surface area contributed by atoms with E-state index in [1.807, 2.05) is 30.3 Å². The zero-order valence-electron chi connectivity index (χ0n) is 15.1. The van der Waals surface area contributed by atoms with Crippen LogP contribution in [0.5, 0.6) is 0 Å². The van der Waals surface area contributed by atoms with Gasteiger partial charge in [0.1, 0.15) is 0 Å². The number of rotatable bonds is 2. The van der Waals surface area contributed by atoms with Crippen LogP contribution >= 0.6 is 11.6 Å². The highest BCUT2D eigenvalue weighted by Crippen LogP contribution is 2.29. The van der Waals surface area contributed by atoms with Crippen LogP contribution in [0.15, 0.2) is 53.3 Å². The number of nitrogens with one attached hydrogen (secondary N) is 1. The number of fused-ring (bicyclic) bond motifs is 5. The van der Waals surface area contributed by atoms with Crippen LogP contribution in [0.3, 0.4) is 0 Å². The number of hydrogen-bond acceptors (Lipinski definition) is 3. The minimum Gasteiger partial charge on any atom is -0.367 e. The standard InChI is InChI=1S/C22H22ClN3O/c23-17-3-1-2-16(12-17)21-13-15-4-5-19(14-20(15)22(27)24-21)26-11-10-25-8-6-18(26)7-9-25/h1-5,12-14,18H,6-11H2,(H,24,27). The first-order valence-electron chi connectivity index (χ1n) is 9.59. The number of piperidine rings is 1. The summed E-state index contributed by atoms with van der Waals surface area (Å²) >= 11 is 6.10. The van der Waals surface area contributed by atoms with E-state index in [0.29, 0.717) is 11.1 Å². The number of aromatic nitrogens is 1. The topological polar surface area (TPSA) is 39.3 Å². The van der Waals surface area contributed by atoms with E-state index < -0.39 is 0 Å². The molecular formula is C22H22ClN3O. The van der Waals surface area contributed by atoms with Crippen LogP contribution < -0.4 is 10.5 Å². The van der Waals surface area contributed by atoms with Crippen LogP contribution in [-0.4, -0.2) is 42.1 Å². The lowest BCUT2D eigenvalue weighted by Gasteiger charge is -2.33. The highest BCUT2D eigenvalue weighted by molar-refractivity contribution is 6.30. The molecule has 3 saturated heterocycles. The van der Waals surface area contributed by atoms with E-state index in [1.165, 1.54) is 25.9 Å². The maximum atomic E-state index is 12.8. The summed E-state index contributed by atoms with van der Waals surface area (Å²) in [5, 5.41) is 2.37. The first kappa shape index (κ1) is 16.8. The molecule has 0 atom stereocenters. The van der Waals surface area contributed by atoms with E-state index in [9.17, 15) is 4.79 Å². The van der Waals surface area contributed by atoms with Gasteiger partial charge < -0.3 is 14.8 Å². The van der Waals surface area contributed by atoms with Gasteiger partial charge in [-0.1, -0.05) is 29.8 Å². The molecule has 3 aromatic rings. The molecule has 0 unspecified atom stereocenters. The molecule has 138 valence electrons. The third kappa shape index (κ3) is 3.13. The van der Waals surface area contributed by atoms with E-state index in [4.69, 9.17) is 11.6 Å². The second-order valence-corrected chi connectivity index (χ2v) is 8.00. The van der Waals surface area contributed by atoms with E-state index in [2.05, 4.69) is 33.0 Å². The largest absolute Gasteiger partial charge is 0.367 e. The van der Waals surface area contributed by atoms with Gasteiger partial charge in [-0.2, -0.15) is 0 Å². The Morgan fingerprint density at radius 1 is 0.963 bits per heavy atom. The number of H-pyrrole nitrogens is 1. The van der Waals surface area contributed by atoms with Crippen molar-refractivity contribution < 1.29 is 0 Å². The highest BCUT2D eigenvalue weighted by Gasteiger charge is 2.29. The molecule has 6 rings (SSSR count). The Morgan fingerprint density at radius 3 is 2.63 bits per heavy atom. The number of benzene rings is 2. The molecular weight excluding hydrogens is 358 g/mol. The molecule has 0 saturated carbocycles. The second kappa shape index (κ2) is 6.70. The van der Waals surface area contributed by atoms with Crippen molar-refractivity contribution in [1.82, 2.24) is 9.88 Å². The van der Waals surface area contributed by atoms with Gasteiger partial charge in [-0.15, -0.1) is 0 Å². The fraction of sp³-hybridized carbons (Fsp3) is 0.318. The van der Waals surface area contributed by atoms with E-state index in [-0.39, 0.29) is 5.56 Å². The fourth-order valence-electron chi connectivity index (χ4n) is 4.46. The van der Waals surface area contributed by atoms with Gasteiger partial charge in [-0.05, 0) is 54.1 Å². The predicted molar refractivity (Wildman–Crippen MR) is 112 cm³/mol. The summed E-state index contributed by atoms with van der Waals surface area (Å²) in [7, 11) is 0. The average Bonchev–Trinajstić information content (AvgIpc) is 3.02. The van der Waals surface area contributed by atoms with Crippen LogP contribution in [0, 0.1) is 0 Å². The van der Waals surface area contributed by atoms with Gasteiger partial charge in [0.25, 0.3) is 5.56 Å². The van der Waals surface area contributed by atoms with Crippen molar-refractivity contribution in [1.29, 1.82) is 0 Å². The number of nitrogens with zero attached hydrogens (tertiary/aromatic N) is 2. The summed E-state index contributed by atoms with van der Waals surface area (Å²) in [5.41, 5.74) is 2.83. The Balaban J connectivity index is 1.56. The summed E-state index contributed by atoms with van der Waals surface area (Å²) in [6, 6.07) is 16.5. The molecule has 4 heterocycles. The number of aromatic amines is 1. The van der Waals surface area contributed by atoms with Crippen molar-refractivity contribution in [3.05, 3.63) is 63.9 Å². The molecule has 0 aliphatic carbocycles. The number of pyridine rings is 1. The highest BCUT2D eigenvalue weighted by atomic mass is 35.5. The normalized spacial score (nSPS) is 22.2. The van der Waals surface area contributed by atoms with Crippen molar-refractivity contribution in [3.63, 3.8) is 0 Å². The number of hydrogen-bond donors (Lipinski definition) is 1. The molecule has 2 bridgehead atoms. The molecule has 3 fully saturated rings. The summed E-state index contributed by atoms with van der Waals surface area (Å²) < 4.78 is 0. The zero-order valence-corrected chi connectivity index (χ0v) is 15.9. The van der Waals surface area contributed by atoms with Crippen molar-refractivity contribution >= 4 is 28.1 Å². The van der Waals surface area contributed by atoms with E-state index >= 15 is 0 Å². The fourth-order valence-corrected chi connectivity index (χ4v) is 4.65. The maximum absolute atomic E-state index is 12.8. The summed E-state index contributed by atoms with van der Waals surface area (Å²) in [4.78, 5) is 20.9. The summed E-state index contributed by atoms with van der Waals surface area (Å²) in [6.07, 6.45) is 2.42. The van der Waals surface area contributed by atoms with Crippen LogP contribution in [0.25, 0.3) is 22.0 Å². The molecule has 2 aromatic carbocycles. The number of halogens is 1. The van der Waals surface area contributed by atoms with Crippen LogP contribution in [0.1, 0.15) is 12.8 Å². The lowest BCUT2D eigenvalue weighted by molar-refractivity contribution is 0.250. The van der Waals surface area contributed by atoms with E-state index in [0.717, 1.165) is 40.8 Å². The minimum atomic E-state index is -0.0489. The molecule has 0 amide bonds. The Morgan fingerprint density at radius 2 is 1.81 bits per heavy atom. The third-order valence-electron chi connectivity index (χ3n) is 5.95. The summed E-state index contributed by atoms with van der Waals surface area (Å²) in [6.45, 7) is 4.53. The quantitative estimate of drug-likeness (QED) is 0.727. The Kier molecular flexibility index (Phi) is 4.18. The minimum absolute atomic E-state index is 0.0489. The van der Waals surface area contributed by atoms with E-state index in [1.54, 1.807) is 0 Å².